The third-order valence-corrected chi connectivity index (χ3v) is 4.48. The van der Waals surface area contributed by atoms with Crippen molar-refractivity contribution in [2.75, 3.05) is 6.79 Å². The van der Waals surface area contributed by atoms with E-state index in [1.54, 1.807) is 13.0 Å². The average Bonchev–Trinajstić information content (AvgIpc) is 3.06. The lowest BCUT2D eigenvalue weighted by molar-refractivity contribution is 0.174. The predicted molar refractivity (Wildman–Crippen MR) is 89.6 cm³/mol. The number of ether oxygens (including phenoxy) is 3. The molecule has 2 aliphatic rings. The number of hydrogen-bond donors (Lipinski definition) is 1. The van der Waals surface area contributed by atoms with Crippen LogP contribution in [0.25, 0.3) is 0 Å². The first-order valence-electron chi connectivity index (χ1n) is 7.98. The maximum Gasteiger partial charge on any atom is 0.258 e. The van der Waals surface area contributed by atoms with Crippen LogP contribution < -0.4 is 19.8 Å². The van der Waals surface area contributed by atoms with Gasteiger partial charge >= 0.3 is 0 Å². The molecule has 25 heavy (non-hydrogen) atoms. The number of aromatic nitrogens is 2. The van der Waals surface area contributed by atoms with Crippen molar-refractivity contribution in [2.45, 2.75) is 12.8 Å². The van der Waals surface area contributed by atoms with Crippen LogP contribution in [0.5, 0.6) is 23.1 Å². The van der Waals surface area contributed by atoms with E-state index in [1.807, 2.05) is 36.4 Å². The number of nitrogens with zero attached hydrogens (tertiary/aromatic N) is 1. The van der Waals surface area contributed by atoms with Crippen LogP contribution in [0.1, 0.15) is 28.4 Å². The van der Waals surface area contributed by atoms with E-state index in [2.05, 4.69) is 9.97 Å². The summed E-state index contributed by atoms with van der Waals surface area (Å²) in [6.07, 6.45) is 0. The molecular formula is C19H14N2O4. The number of aromatic amines is 1. The Morgan fingerprint density at radius 1 is 1.08 bits per heavy atom. The number of hydrogen-bond acceptors (Lipinski definition) is 5. The minimum atomic E-state index is -0.286. The Morgan fingerprint density at radius 2 is 1.84 bits per heavy atom. The van der Waals surface area contributed by atoms with Crippen molar-refractivity contribution in [1.82, 2.24) is 9.97 Å². The average molecular weight is 334 g/mol. The molecule has 6 nitrogen and oxygen atoms in total. The van der Waals surface area contributed by atoms with E-state index in [0.29, 0.717) is 34.5 Å². The second-order valence-electron chi connectivity index (χ2n) is 6.06. The van der Waals surface area contributed by atoms with E-state index < -0.39 is 0 Å². The first-order chi connectivity index (χ1) is 12.2. The Kier molecular flexibility index (Phi) is 2.88. The van der Waals surface area contributed by atoms with Crippen LogP contribution in [0.2, 0.25) is 0 Å². The number of H-pyrrole nitrogens is 1. The minimum Gasteiger partial charge on any atom is -0.454 e. The van der Waals surface area contributed by atoms with Crippen LogP contribution in [-0.2, 0) is 0 Å². The summed E-state index contributed by atoms with van der Waals surface area (Å²) in [6, 6.07) is 13.5. The summed E-state index contributed by atoms with van der Waals surface area (Å²) in [7, 11) is 0. The summed E-state index contributed by atoms with van der Waals surface area (Å²) >= 11 is 0. The summed E-state index contributed by atoms with van der Waals surface area (Å²) in [6.45, 7) is 1.91. The van der Waals surface area contributed by atoms with Gasteiger partial charge in [0.1, 0.15) is 11.6 Å². The predicted octanol–water partition coefficient (Wildman–Crippen LogP) is 3.09. The maximum absolute atomic E-state index is 12.7. The largest absolute Gasteiger partial charge is 0.454 e. The minimum absolute atomic E-state index is 0.180. The van der Waals surface area contributed by atoms with Gasteiger partial charge in [-0.3, -0.25) is 4.79 Å². The maximum atomic E-state index is 12.7. The van der Waals surface area contributed by atoms with Crippen molar-refractivity contribution in [3.8, 4) is 23.1 Å². The quantitative estimate of drug-likeness (QED) is 0.579. The Labute approximate surface area is 143 Å². The highest BCUT2D eigenvalue weighted by Crippen LogP contribution is 2.49. The zero-order valence-corrected chi connectivity index (χ0v) is 13.4. The standard InChI is InChI=1S/C19H14N2O4/c1-10-20-18(22)17-16(11-5-3-2-4-6-11)12-7-14-15(24-9-23-14)8-13(12)25-19(17)21-10/h2-8,16H,9H2,1H3,(H,20,21,22). The van der Waals surface area contributed by atoms with E-state index >= 15 is 0 Å². The number of aryl methyl sites for hydroxylation is 1. The molecule has 0 bridgehead atoms. The SMILES string of the molecule is Cc1nc2c(c(=O)[nH]1)C(c1ccccc1)c1cc3c(cc1O2)OCO3. The van der Waals surface area contributed by atoms with Crippen molar-refractivity contribution in [2.24, 2.45) is 0 Å². The van der Waals surface area contributed by atoms with Gasteiger partial charge in [0.05, 0.1) is 5.56 Å². The van der Waals surface area contributed by atoms with Gasteiger partial charge in [-0.05, 0) is 18.6 Å². The highest BCUT2D eigenvalue weighted by Gasteiger charge is 2.34. The first kappa shape index (κ1) is 14.1. The molecule has 2 aromatic carbocycles. The fourth-order valence-corrected chi connectivity index (χ4v) is 3.41. The molecule has 6 heteroatoms. The molecule has 0 saturated heterocycles. The molecule has 0 aliphatic carbocycles. The van der Waals surface area contributed by atoms with Crippen molar-refractivity contribution in [3.63, 3.8) is 0 Å². The van der Waals surface area contributed by atoms with Gasteiger partial charge < -0.3 is 19.2 Å². The Morgan fingerprint density at radius 3 is 2.64 bits per heavy atom. The molecule has 1 aromatic heterocycles. The molecule has 3 aromatic rings. The van der Waals surface area contributed by atoms with Gasteiger partial charge in [-0.1, -0.05) is 30.3 Å². The molecule has 3 heterocycles. The second kappa shape index (κ2) is 5.11. The van der Waals surface area contributed by atoms with E-state index in [9.17, 15) is 4.79 Å². The van der Waals surface area contributed by atoms with Gasteiger partial charge in [0.25, 0.3) is 5.56 Å². The molecule has 0 fully saturated rings. The lowest BCUT2D eigenvalue weighted by Crippen LogP contribution is -2.24. The molecule has 5 rings (SSSR count). The van der Waals surface area contributed by atoms with E-state index in [-0.39, 0.29) is 18.3 Å². The van der Waals surface area contributed by atoms with Gasteiger partial charge in [-0.15, -0.1) is 0 Å². The summed E-state index contributed by atoms with van der Waals surface area (Å²) in [5.74, 6) is 2.48. The molecule has 0 radical (unpaired) electrons. The third kappa shape index (κ3) is 2.11. The van der Waals surface area contributed by atoms with Crippen LogP contribution >= 0.6 is 0 Å². The molecule has 0 spiro atoms. The number of fused-ring (bicyclic) bond motifs is 3. The second-order valence-corrected chi connectivity index (χ2v) is 6.06. The molecular weight excluding hydrogens is 320 g/mol. The van der Waals surface area contributed by atoms with Crippen molar-refractivity contribution in [3.05, 3.63) is 75.3 Å². The lowest BCUT2D eigenvalue weighted by Gasteiger charge is -2.27. The lowest BCUT2D eigenvalue weighted by atomic mass is 9.84. The molecule has 124 valence electrons. The topological polar surface area (TPSA) is 73.4 Å². The highest BCUT2D eigenvalue weighted by molar-refractivity contribution is 5.61. The molecule has 1 N–H and O–H groups in total. The van der Waals surface area contributed by atoms with E-state index in [1.165, 1.54) is 0 Å². The van der Waals surface area contributed by atoms with Gasteiger partial charge in [-0.25, -0.2) is 0 Å². The molecule has 1 unspecified atom stereocenters. The Bertz CT molecular complexity index is 1040. The summed E-state index contributed by atoms with van der Waals surface area (Å²) in [4.78, 5) is 19.9. The molecule has 0 amide bonds. The number of benzene rings is 2. The zero-order chi connectivity index (χ0) is 17.0. The Balaban J connectivity index is 1.81. The van der Waals surface area contributed by atoms with Crippen molar-refractivity contribution in [1.29, 1.82) is 0 Å². The highest BCUT2D eigenvalue weighted by atomic mass is 16.7. The third-order valence-electron chi connectivity index (χ3n) is 4.48. The van der Waals surface area contributed by atoms with Crippen LogP contribution in [0, 0.1) is 6.92 Å². The summed E-state index contributed by atoms with van der Waals surface area (Å²) in [5, 5.41) is 0. The molecule has 1 atom stereocenters. The van der Waals surface area contributed by atoms with Crippen LogP contribution in [0.15, 0.2) is 47.3 Å². The van der Waals surface area contributed by atoms with Gasteiger partial charge in [0.15, 0.2) is 11.5 Å². The fourth-order valence-electron chi connectivity index (χ4n) is 3.41. The summed E-state index contributed by atoms with van der Waals surface area (Å²) in [5.41, 5.74) is 2.16. The van der Waals surface area contributed by atoms with Gasteiger partial charge in [0, 0.05) is 17.5 Å². The van der Waals surface area contributed by atoms with Crippen molar-refractivity contribution < 1.29 is 14.2 Å². The molecule has 2 aliphatic heterocycles. The van der Waals surface area contributed by atoms with Crippen LogP contribution in [-0.4, -0.2) is 16.8 Å². The van der Waals surface area contributed by atoms with Crippen LogP contribution in [0.4, 0.5) is 0 Å². The van der Waals surface area contributed by atoms with Crippen molar-refractivity contribution >= 4 is 0 Å². The van der Waals surface area contributed by atoms with Gasteiger partial charge in [-0.2, -0.15) is 4.98 Å². The normalized spacial score (nSPS) is 16.8. The van der Waals surface area contributed by atoms with Gasteiger partial charge in [0.2, 0.25) is 12.7 Å². The summed E-state index contributed by atoms with van der Waals surface area (Å²) < 4.78 is 16.9. The van der Waals surface area contributed by atoms with Crippen LogP contribution in [0.3, 0.4) is 0 Å². The Hall–Kier alpha value is -3.28. The molecule has 0 saturated carbocycles. The van der Waals surface area contributed by atoms with E-state index in [0.717, 1.165) is 11.1 Å². The monoisotopic (exact) mass is 334 g/mol. The smallest absolute Gasteiger partial charge is 0.258 e. The number of rotatable bonds is 1. The fraction of sp³-hybridized carbons (Fsp3) is 0.158. The number of nitrogens with one attached hydrogen (secondary N) is 1. The van der Waals surface area contributed by atoms with E-state index in [4.69, 9.17) is 14.2 Å². The zero-order valence-electron chi connectivity index (χ0n) is 13.4. The first-order valence-corrected chi connectivity index (χ1v) is 7.98.